The number of ether oxygens (including phenoxy) is 1. The minimum atomic E-state index is -0.338. The van der Waals surface area contributed by atoms with Gasteiger partial charge in [0.25, 0.3) is 0 Å². The zero-order valence-electron chi connectivity index (χ0n) is 12.2. The third-order valence-corrected chi connectivity index (χ3v) is 4.19. The van der Waals surface area contributed by atoms with Crippen LogP contribution in [0.4, 0.5) is 5.95 Å². The van der Waals surface area contributed by atoms with Crippen LogP contribution in [0.25, 0.3) is 0 Å². The van der Waals surface area contributed by atoms with Gasteiger partial charge in [-0.15, -0.1) is 0 Å². The van der Waals surface area contributed by atoms with Crippen LogP contribution in [0, 0.1) is 3.57 Å². The normalized spacial score (nSPS) is 17.0. The van der Waals surface area contributed by atoms with Gasteiger partial charge >= 0.3 is 5.97 Å². The molecule has 1 aromatic heterocycles. The fourth-order valence-electron chi connectivity index (χ4n) is 2.52. The second-order valence-corrected chi connectivity index (χ2v) is 6.11. The van der Waals surface area contributed by atoms with Crippen LogP contribution in [-0.2, 0) is 9.53 Å². The molecule has 2 heterocycles. The number of nitrogens with zero attached hydrogens (tertiary/aromatic N) is 3. The second-order valence-electron chi connectivity index (χ2n) is 4.87. The molecule has 0 spiro atoms. The Morgan fingerprint density at radius 2 is 2.14 bits per heavy atom. The number of carbonyl (C=O) groups is 1. The van der Waals surface area contributed by atoms with E-state index in [-0.39, 0.29) is 12.0 Å². The highest BCUT2D eigenvalue weighted by molar-refractivity contribution is 14.1. The van der Waals surface area contributed by atoms with Crippen LogP contribution < -0.4 is 5.32 Å². The molecule has 0 radical (unpaired) electrons. The number of nitrogens with one attached hydrogen (secondary N) is 1. The summed E-state index contributed by atoms with van der Waals surface area (Å²) in [4.78, 5) is 16.6. The fraction of sp³-hybridized carbons (Fsp3) is 0.267. The molecule has 3 rings (SSSR count). The van der Waals surface area contributed by atoms with Crippen LogP contribution in [0.1, 0.15) is 25.5 Å². The molecule has 2 aromatic rings. The minimum absolute atomic E-state index is 0.333. The minimum Gasteiger partial charge on any atom is -0.463 e. The number of hydrogen-bond acceptors (Lipinski definition) is 5. The summed E-state index contributed by atoms with van der Waals surface area (Å²) in [5, 5.41) is 7.37. The van der Waals surface area contributed by atoms with E-state index in [0.29, 0.717) is 18.1 Å². The number of anilines is 1. The lowest BCUT2D eigenvalue weighted by molar-refractivity contribution is -0.139. The van der Waals surface area contributed by atoms with Crippen LogP contribution in [-0.4, -0.2) is 27.3 Å². The van der Waals surface area contributed by atoms with Crippen molar-refractivity contribution >= 4 is 34.5 Å². The fourth-order valence-corrected chi connectivity index (χ4v) is 2.88. The number of benzene rings is 1. The molecule has 0 unspecified atom stereocenters. The van der Waals surface area contributed by atoms with Crippen LogP contribution in [0.5, 0.6) is 0 Å². The molecule has 0 fully saturated rings. The summed E-state index contributed by atoms with van der Waals surface area (Å²) in [6, 6.07) is 7.67. The average molecular weight is 410 g/mol. The summed E-state index contributed by atoms with van der Waals surface area (Å²) in [7, 11) is 0. The zero-order chi connectivity index (χ0) is 15.7. The van der Waals surface area contributed by atoms with Crippen LogP contribution in [0.2, 0.25) is 0 Å². The van der Waals surface area contributed by atoms with Gasteiger partial charge in [0.1, 0.15) is 12.4 Å². The topological polar surface area (TPSA) is 69.0 Å². The maximum absolute atomic E-state index is 12.4. The van der Waals surface area contributed by atoms with Crippen molar-refractivity contribution in [3.05, 3.63) is 51.0 Å². The number of hydrogen-bond donors (Lipinski definition) is 1. The Hall–Kier alpha value is -1.90. The SMILES string of the molecule is CCOC(=O)C1=C(C)Nc2ncnn2[C@@H]1c1ccc(I)cc1. The number of halogens is 1. The van der Waals surface area contributed by atoms with Crippen molar-refractivity contribution in [3.8, 4) is 0 Å². The molecule has 1 atom stereocenters. The highest BCUT2D eigenvalue weighted by Crippen LogP contribution is 2.35. The lowest BCUT2D eigenvalue weighted by Gasteiger charge is -2.28. The molecule has 0 saturated heterocycles. The largest absolute Gasteiger partial charge is 0.463 e. The van der Waals surface area contributed by atoms with Gasteiger partial charge in [0.2, 0.25) is 5.95 Å². The molecule has 0 amide bonds. The Bertz CT molecular complexity index is 736. The quantitative estimate of drug-likeness (QED) is 0.623. The highest BCUT2D eigenvalue weighted by atomic mass is 127. The van der Waals surface area contributed by atoms with E-state index in [1.807, 2.05) is 31.2 Å². The van der Waals surface area contributed by atoms with Gasteiger partial charge in [0.15, 0.2) is 0 Å². The van der Waals surface area contributed by atoms with Gasteiger partial charge in [-0.25, -0.2) is 9.48 Å². The second kappa shape index (κ2) is 6.07. The van der Waals surface area contributed by atoms with Gasteiger partial charge < -0.3 is 10.1 Å². The first-order chi connectivity index (χ1) is 10.6. The molecule has 0 bridgehead atoms. The summed E-state index contributed by atoms with van der Waals surface area (Å²) in [6.45, 7) is 3.98. The van der Waals surface area contributed by atoms with Crippen molar-refractivity contribution in [2.75, 3.05) is 11.9 Å². The van der Waals surface area contributed by atoms with E-state index in [2.05, 4.69) is 38.0 Å². The number of rotatable bonds is 3. The predicted octanol–water partition coefficient (Wildman–Crippen LogP) is 2.73. The lowest BCUT2D eigenvalue weighted by Crippen LogP contribution is -2.29. The molecule has 1 N–H and O–H groups in total. The maximum atomic E-state index is 12.4. The van der Waals surface area contributed by atoms with E-state index >= 15 is 0 Å². The molecule has 0 saturated carbocycles. The average Bonchev–Trinajstić information content (AvgIpc) is 2.94. The first-order valence-corrected chi connectivity index (χ1v) is 7.99. The van der Waals surface area contributed by atoms with Crippen molar-refractivity contribution < 1.29 is 9.53 Å². The number of carbonyl (C=O) groups excluding carboxylic acids is 1. The van der Waals surface area contributed by atoms with E-state index in [4.69, 9.17) is 4.74 Å². The molecule has 1 aliphatic heterocycles. The predicted molar refractivity (Wildman–Crippen MR) is 90.3 cm³/mol. The Morgan fingerprint density at radius 3 is 2.82 bits per heavy atom. The Balaban J connectivity index is 2.13. The molecule has 1 aromatic carbocycles. The maximum Gasteiger partial charge on any atom is 0.338 e. The molecular formula is C15H15IN4O2. The highest BCUT2D eigenvalue weighted by Gasteiger charge is 2.34. The van der Waals surface area contributed by atoms with Gasteiger partial charge in [0.05, 0.1) is 12.2 Å². The van der Waals surface area contributed by atoms with Crippen molar-refractivity contribution in [2.24, 2.45) is 0 Å². The van der Waals surface area contributed by atoms with Crippen LogP contribution >= 0.6 is 22.6 Å². The van der Waals surface area contributed by atoms with Gasteiger partial charge in [0, 0.05) is 9.27 Å². The number of aromatic nitrogens is 3. The summed E-state index contributed by atoms with van der Waals surface area (Å²) < 4.78 is 8.06. The Morgan fingerprint density at radius 1 is 1.41 bits per heavy atom. The summed E-state index contributed by atoms with van der Waals surface area (Å²) in [6.07, 6.45) is 1.48. The standard InChI is InChI=1S/C15H15IN4O2/c1-3-22-14(21)12-9(2)19-15-17-8-18-20(15)13(12)10-4-6-11(16)7-5-10/h4-8,13H,3H2,1-2H3,(H,17,18,19)/t13-/m1/s1. The van der Waals surface area contributed by atoms with Gasteiger partial charge in [-0.1, -0.05) is 12.1 Å². The van der Waals surface area contributed by atoms with Gasteiger partial charge in [-0.3, -0.25) is 0 Å². The van der Waals surface area contributed by atoms with Gasteiger partial charge in [-0.2, -0.15) is 10.1 Å². The van der Waals surface area contributed by atoms with E-state index in [0.717, 1.165) is 14.8 Å². The summed E-state index contributed by atoms with van der Waals surface area (Å²) >= 11 is 2.25. The van der Waals surface area contributed by atoms with Crippen LogP contribution in [0.15, 0.2) is 41.9 Å². The molecule has 7 heteroatoms. The number of esters is 1. The Kier molecular flexibility index (Phi) is 4.14. The third kappa shape index (κ3) is 2.60. The zero-order valence-corrected chi connectivity index (χ0v) is 14.4. The monoisotopic (exact) mass is 410 g/mol. The van der Waals surface area contributed by atoms with E-state index < -0.39 is 0 Å². The smallest absolute Gasteiger partial charge is 0.338 e. The van der Waals surface area contributed by atoms with Crippen molar-refractivity contribution in [3.63, 3.8) is 0 Å². The molecule has 6 nitrogen and oxygen atoms in total. The van der Waals surface area contributed by atoms with E-state index in [1.54, 1.807) is 11.6 Å². The molecule has 1 aliphatic rings. The first kappa shape index (κ1) is 15.0. The van der Waals surface area contributed by atoms with E-state index in [1.165, 1.54) is 6.33 Å². The summed E-state index contributed by atoms with van der Waals surface area (Å²) in [5.41, 5.74) is 2.26. The van der Waals surface area contributed by atoms with Gasteiger partial charge in [-0.05, 0) is 54.1 Å². The van der Waals surface area contributed by atoms with Crippen molar-refractivity contribution in [1.82, 2.24) is 14.8 Å². The molecule has 22 heavy (non-hydrogen) atoms. The van der Waals surface area contributed by atoms with E-state index in [9.17, 15) is 4.79 Å². The van der Waals surface area contributed by atoms with Crippen LogP contribution in [0.3, 0.4) is 0 Å². The van der Waals surface area contributed by atoms with Crippen molar-refractivity contribution in [1.29, 1.82) is 0 Å². The number of fused-ring (bicyclic) bond motifs is 1. The first-order valence-electron chi connectivity index (χ1n) is 6.91. The number of allylic oxidation sites excluding steroid dienone is 1. The molecule has 0 aliphatic carbocycles. The molecule has 114 valence electrons. The third-order valence-electron chi connectivity index (χ3n) is 3.48. The van der Waals surface area contributed by atoms with Crippen molar-refractivity contribution in [2.45, 2.75) is 19.9 Å². The molecular weight excluding hydrogens is 395 g/mol. The lowest BCUT2D eigenvalue weighted by atomic mass is 9.96. The summed E-state index contributed by atoms with van der Waals surface area (Å²) in [5.74, 6) is 0.284. The Labute approximate surface area is 141 Å².